The van der Waals surface area contributed by atoms with E-state index in [1.165, 1.54) is 0 Å². The molecule has 3 aromatic rings. The highest BCUT2D eigenvalue weighted by atomic mass is 79.9. The molecule has 3 rings (SSSR count). The van der Waals surface area contributed by atoms with E-state index < -0.39 is 0 Å². The van der Waals surface area contributed by atoms with E-state index in [1.54, 1.807) is 0 Å². The maximum atomic E-state index is 10.4. The van der Waals surface area contributed by atoms with E-state index in [0.717, 1.165) is 26.4 Å². The number of hydrogen-bond acceptors (Lipinski definition) is 1. The molecule has 1 N–H and O–H groups in total. The summed E-state index contributed by atoms with van der Waals surface area (Å²) in [6, 6.07) is 19.8. The van der Waals surface area contributed by atoms with E-state index in [-0.39, 0.29) is 0 Å². The molecule has 0 amide bonds. The standard InChI is InChI=1S/C16H11BrO/c17-13-8-5-12(6-9-13)15-10-7-11-3-1-2-4-14(11)16(15)18/h1-10,18H. The molecule has 0 bridgehead atoms. The van der Waals surface area contributed by atoms with Crippen LogP contribution in [-0.2, 0) is 0 Å². The molecule has 0 aromatic heterocycles. The number of hydrogen-bond donors (Lipinski definition) is 1. The fourth-order valence-electron chi connectivity index (χ4n) is 2.12. The Balaban J connectivity index is 2.24. The summed E-state index contributed by atoms with van der Waals surface area (Å²) < 4.78 is 1.03. The van der Waals surface area contributed by atoms with Gasteiger partial charge in [0, 0.05) is 15.4 Å². The summed E-state index contributed by atoms with van der Waals surface area (Å²) in [6.45, 7) is 0. The summed E-state index contributed by atoms with van der Waals surface area (Å²) in [5, 5.41) is 12.3. The number of benzene rings is 3. The van der Waals surface area contributed by atoms with Crippen LogP contribution in [0.4, 0.5) is 0 Å². The average molecular weight is 299 g/mol. The van der Waals surface area contributed by atoms with E-state index in [2.05, 4.69) is 15.9 Å². The first kappa shape index (κ1) is 11.3. The summed E-state index contributed by atoms with van der Waals surface area (Å²) in [6.07, 6.45) is 0. The van der Waals surface area contributed by atoms with Gasteiger partial charge in [0.2, 0.25) is 0 Å². The molecule has 0 unspecified atom stereocenters. The molecule has 0 saturated heterocycles. The van der Waals surface area contributed by atoms with Gasteiger partial charge in [0.1, 0.15) is 5.75 Å². The molecule has 0 atom stereocenters. The van der Waals surface area contributed by atoms with Gasteiger partial charge in [-0.15, -0.1) is 0 Å². The van der Waals surface area contributed by atoms with Gasteiger partial charge in [-0.25, -0.2) is 0 Å². The van der Waals surface area contributed by atoms with Crippen molar-refractivity contribution < 1.29 is 5.11 Å². The number of aromatic hydroxyl groups is 1. The molecule has 0 fully saturated rings. The Hall–Kier alpha value is -1.80. The highest BCUT2D eigenvalue weighted by Gasteiger charge is 2.07. The van der Waals surface area contributed by atoms with E-state index in [9.17, 15) is 5.11 Å². The normalized spacial score (nSPS) is 10.7. The van der Waals surface area contributed by atoms with Crippen LogP contribution in [0.25, 0.3) is 21.9 Å². The van der Waals surface area contributed by atoms with Crippen LogP contribution in [0.3, 0.4) is 0 Å². The van der Waals surface area contributed by atoms with Crippen LogP contribution in [0.15, 0.2) is 65.1 Å². The van der Waals surface area contributed by atoms with Crippen molar-refractivity contribution in [3.63, 3.8) is 0 Å². The predicted molar refractivity (Wildman–Crippen MR) is 78.7 cm³/mol. The number of rotatable bonds is 1. The van der Waals surface area contributed by atoms with E-state index in [4.69, 9.17) is 0 Å². The summed E-state index contributed by atoms with van der Waals surface area (Å²) in [5.41, 5.74) is 1.88. The summed E-state index contributed by atoms with van der Waals surface area (Å²) in [4.78, 5) is 0. The van der Waals surface area contributed by atoms with Crippen LogP contribution < -0.4 is 0 Å². The predicted octanol–water partition coefficient (Wildman–Crippen LogP) is 4.97. The van der Waals surface area contributed by atoms with Crippen molar-refractivity contribution >= 4 is 26.7 Å². The number of phenols is 1. The quantitative estimate of drug-likeness (QED) is 0.672. The molecule has 0 aliphatic heterocycles. The van der Waals surface area contributed by atoms with Crippen LogP contribution in [0.5, 0.6) is 5.75 Å². The van der Waals surface area contributed by atoms with Crippen molar-refractivity contribution in [1.82, 2.24) is 0 Å². The Morgan fingerprint density at radius 3 is 2.28 bits per heavy atom. The molecule has 3 aromatic carbocycles. The molecule has 88 valence electrons. The van der Waals surface area contributed by atoms with Gasteiger partial charge in [-0.2, -0.15) is 0 Å². The maximum Gasteiger partial charge on any atom is 0.131 e. The smallest absolute Gasteiger partial charge is 0.131 e. The van der Waals surface area contributed by atoms with Gasteiger partial charge in [-0.1, -0.05) is 64.5 Å². The Morgan fingerprint density at radius 1 is 0.778 bits per heavy atom. The van der Waals surface area contributed by atoms with Gasteiger partial charge in [0.25, 0.3) is 0 Å². The van der Waals surface area contributed by atoms with E-state index in [1.807, 2.05) is 60.7 Å². The molecule has 2 heteroatoms. The number of fused-ring (bicyclic) bond motifs is 1. The van der Waals surface area contributed by atoms with Gasteiger partial charge in [-0.05, 0) is 23.1 Å². The Kier molecular flexibility index (Phi) is 2.80. The SMILES string of the molecule is Oc1c(-c2ccc(Br)cc2)ccc2ccccc12. The average Bonchev–Trinajstić information content (AvgIpc) is 2.41. The van der Waals surface area contributed by atoms with E-state index >= 15 is 0 Å². The monoisotopic (exact) mass is 298 g/mol. The lowest BCUT2D eigenvalue weighted by Gasteiger charge is -2.08. The minimum atomic E-state index is 0.343. The molecule has 0 aliphatic carbocycles. The fraction of sp³-hybridized carbons (Fsp3) is 0. The largest absolute Gasteiger partial charge is 0.507 e. The van der Waals surface area contributed by atoms with Gasteiger partial charge < -0.3 is 5.11 Å². The first-order chi connectivity index (χ1) is 8.75. The minimum Gasteiger partial charge on any atom is -0.507 e. The van der Waals surface area contributed by atoms with Crippen LogP contribution in [0, 0.1) is 0 Å². The zero-order valence-corrected chi connectivity index (χ0v) is 11.2. The highest BCUT2D eigenvalue weighted by molar-refractivity contribution is 9.10. The molecule has 0 radical (unpaired) electrons. The lowest BCUT2D eigenvalue weighted by atomic mass is 10.00. The molecule has 0 saturated carbocycles. The number of phenolic OH excluding ortho intramolecular Hbond substituents is 1. The van der Waals surface area contributed by atoms with Gasteiger partial charge in [0.15, 0.2) is 0 Å². The Morgan fingerprint density at radius 2 is 1.50 bits per heavy atom. The van der Waals surface area contributed by atoms with Crippen LogP contribution in [-0.4, -0.2) is 5.11 Å². The second kappa shape index (κ2) is 4.46. The second-order valence-corrected chi connectivity index (χ2v) is 5.11. The third kappa shape index (κ3) is 1.89. The van der Waals surface area contributed by atoms with Crippen LogP contribution >= 0.6 is 15.9 Å². The van der Waals surface area contributed by atoms with Crippen LogP contribution in [0.1, 0.15) is 0 Å². The van der Waals surface area contributed by atoms with Crippen molar-refractivity contribution in [2.24, 2.45) is 0 Å². The summed E-state index contributed by atoms with van der Waals surface area (Å²) in [5.74, 6) is 0.343. The van der Waals surface area contributed by atoms with Gasteiger partial charge in [0.05, 0.1) is 0 Å². The van der Waals surface area contributed by atoms with Crippen molar-refractivity contribution in [2.45, 2.75) is 0 Å². The van der Waals surface area contributed by atoms with Gasteiger partial charge in [-0.3, -0.25) is 0 Å². The molecule has 0 heterocycles. The minimum absolute atomic E-state index is 0.343. The van der Waals surface area contributed by atoms with E-state index in [0.29, 0.717) is 5.75 Å². The lowest BCUT2D eigenvalue weighted by molar-refractivity contribution is 0.483. The molecule has 1 nitrogen and oxygen atoms in total. The molecule has 0 spiro atoms. The zero-order valence-electron chi connectivity index (χ0n) is 9.60. The summed E-state index contributed by atoms with van der Waals surface area (Å²) in [7, 11) is 0. The fourth-order valence-corrected chi connectivity index (χ4v) is 2.38. The van der Waals surface area contributed by atoms with Crippen molar-refractivity contribution in [1.29, 1.82) is 0 Å². The van der Waals surface area contributed by atoms with Crippen molar-refractivity contribution in [3.05, 3.63) is 65.1 Å². The van der Waals surface area contributed by atoms with Gasteiger partial charge >= 0.3 is 0 Å². The molecule has 18 heavy (non-hydrogen) atoms. The first-order valence-corrected chi connectivity index (χ1v) is 6.51. The van der Waals surface area contributed by atoms with Crippen molar-refractivity contribution in [3.8, 4) is 16.9 Å². The third-order valence-corrected chi connectivity index (χ3v) is 3.58. The second-order valence-electron chi connectivity index (χ2n) is 4.19. The summed E-state index contributed by atoms with van der Waals surface area (Å²) >= 11 is 3.41. The topological polar surface area (TPSA) is 20.2 Å². The highest BCUT2D eigenvalue weighted by Crippen LogP contribution is 2.35. The Bertz CT molecular complexity index is 702. The molecular weight excluding hydrogens is 288 g/mol. The molecular formula is C16H11BrO. The lowest BCUT2D eigenvalue weighted by Crippen LogP contribution is -1.81. The van der Waals surface area contributed by atoms with Crippen LogP contribution in [0.2, 0.25) is 0 Å². The zero-order chi connectivity index (χ0) is 12.5. The third-order valence-electron chi connectivity index (χ3n) is 3.06. The number of halogens is 1. The molecule has 0 aliphatic rings. The maximum absolute atomic E-state index is 10.4. The Labute approximate surface area is 114 Å². The van der Waals surface area contributed by atoms with Crippen molar-refractivity contribution in [2.75, 3.05) is 0 Å². The first-order valence-electron chi connectivity index (χ1n) is 5.72.